The number of carboxylic acid groups (broad SMARTS) is 1. The highest BCUT2D eigenvalue weighted by Gasteiger charge is 2.24. The van der Waals surface area contributed by atoms with Gasteiger partial charge in [0, 0.05) is 32.4 Å². The lowest BCUT2D eigenvalue weighted by atomic mass is 10.1. The van der Waals surface area contributed by atoms with Crippen LogP contribution < -0.4 is 5.32 Å². The molecule has 0 aromatic carbocycles. The SMILES string of the molecule is C=C(C)CN(C)C(=O)NC(C(=O)O)c1cnn(C)c1. The molecule has 1 heterocycles. The number of hydrogen-bond acceptors (Lipinski definition) is 3. The molecule has 19 heavy (non-hydrogen) atoms. The van der Waals surface area contributed by atoms with Crippen LogP contribution in [0.15, 0.2) is 24.5 Å². The van der Waals surface area contributed by atoms with E-state index in [-0.39, 0.29) is 0 Å². The normalized spacial score (nSPS) is 11.7. The van der Waals surface area contributed by atoms with E-state index in [0.29, 0.717) is 12.1 Å². The standard InChI is InChI=1S/C12H18N4O3/c1-8(2)6-15(3)12(19)14-10(11(17)18)9-5-13-16(4)7-9/h5,7,10H,1,6H2,2-4H3,(H,14,19)(H,17,18). The van der Waals surface area contributed by atoms with Crippen LogP contribution in [-0.2, 0) is 11.8 Å². The Balaban J connectivity index is 2.77. The molecule has 2 amide bonds. The average Bonchev–Trinajstić information content (AvgIpc) is 2.70. The van der Waals surface area contributed by atoms with Gasteiger partial charge in [-0.3, -0.25) is 4.68 Å². The third kappa shape index (κ3) is 4.13. The quantitative estimate of drug-likeness (QED) is 0.770. The van der Waals surface area contributed by atoms with E-state index in [0.717, 1.165) is 5.57 Å². The Labute approximate surface area is 111 Å². The maximum absolute atomic E-state index is 11.9. The Morgan fingerprint density at radius 1 is 1.63 bits per heavy atom. The predicted octanol–water partition coefficient (Wildman–Crippen LogP) is 0.763. The largest absolute Gasteiger partial charge is 0.479 e. The van der Waals surface area contributed by atoms with Crippen molar-refractivity contribution in [3.8, 4) is 0 Å². The number of rotatable bonds is 5. The summed E-state index contributed by atoms with van der Waals surface area (Å²) in [7, 11) is 3.25. The second kappa shape index (κ2) is 6.03. The van der Waals surface area contributed by atoms with E-state index in [9.17, 15) is 9.59 Å². The highest BCUT2D eigenvalue weighted by Crippen LogP contribution is 2.12. The third-order valence-corrected chi connectivity index (χ3v) is 2.43. The molecule has 0 aliphatic rings. The van der Waals surface area contributed by atoms with Crippen LogP contribution >= 0.6 is 0 Å². The number of carbonyl (C=O) groups excluding carboxylic acids is 1. The van der Waals surface area contributed by atoms with Crippen molar-refractivity contribution in [1.82, 2.24) is 20.0 Å². The van der Waals surface area contributed by atoms with E-state index < -0.39 is 18.0 Å². The van der Waals surface area contributed by atoms with Crippen LogP contribution in [0.5, 0.6) is 0 Å². The lowest BCUT2D eigenvalue weighted by Gasteiger charge is -2.20. The van der Waals surface area contributed by atoms with Crippen molar-refractivity contribution in [2.45, 2.75) is 13.0 Å². The van der Waals surface area contributed by atoms with Gasteiger partial charge in [-0.1, -0.05) is 12.2 Å². The van der Waals surface area contributed by atoms with Gasteiger partial charge in [0.2, 0.25) is 0 Å². The molecule has 1 aromatic rings. The van der Waals surface area contributed by atoms with Gasteiger partial charge >= 0.3 is 12.0 Å². The molecule has 1 rings (SSSR count). The van der Waals surface area contributed by atoms with E-state index in [1.54, 1.807) is 27.2 Å². The molecule has 2 N–H and O–H groups in total. The number of aromatic nitrogens is 2. The summed E-state index contributed by atoms with van der Waals surface area (Å²) < 4.78 is 1.48. The van der Waals surface area contributed by atoms with Gasteiger partial charge in [0.15, 0.2) is 6.04 Å². The molecule has 1 aromatic heterocycles. The number of urea groups is 1. The molecular formula is C12H18N4O3. The minimum atomic E-state index is -1.13. The number of nitrogens with zero attached hydrogens (tertiary/aromatic N) is 3. The van der Waals surface area contributed by atoms with Crippen molar-refractivity contribution in [1.29, 1.82) is 0 Å². The second-order valence-electron chi connectivity index (χ2n) is 4.48. The Morgan fingerprint density at radius 3 is 2.68 bits per heavy atom. The maximum atomic E-state index is 11.9. The smallest absolute Gasteiger partial charge is 0.331 e. The number of aliphatic carboxylic acids is 1. The minimum Gasteiger partial charge on any atom is -0.479 e. The van der Waals surface area contributed by atoms with Gasteiger partial charge in [0.25, 0.3) is 0 Å². The first kappa shape index (κ1) is 14.7. The fraction of sp³-hybridized carbons (Fsp3) is 0.417. The average molecular weight is 266 g/mol. The van der Waals surface area contributed by atoms with E-state index in [2.05, 4.69) is 17.0 Å². The first-order chi connectivity index (χ1) is 8.81. The van der Waals surface area contributed by atoms with Crippen LogP contribution in [0.3, 0.4) is 0 Å². The summed E-state index contributed by atoms with van der Waals surface area (Å²) in [6.07, 6.45) is 2.97. The number of hydrogen-bond donors (Lipinski definition) is 2. The number of nitrogens with one attached hydrogen (secondary N) is 1. The Morgan fingerprint density at radius 2 is 2.26 bits per heavy atom. The Bertz CT molecular complexity index is 495. The van der Waals surface area contributed by atoms with Crippen molar-refractivity contribution in [3.05, 3.63) is 30.1 Å². The van der Waals surface area contributed by atoms with Gasteiger partial charge in [-0.05, 0) is 6.92 Å². The van der Waals surface area contributed by atoms with Crippen LogP contribution in [0, 0.1) is 0 Å². The lowest BCUT2D eigenvalue weighted by molar-refractivity contribution is -0.139. The third-order valence-electron chi connectivity index (χ3n) is 2.43. The summed E-state index contributed by atoms with van der Waals surface area (Å²) in [5.41, 5.74) is 1.23. The fourth-order valence-electron chi connectivity index (χ4n) is 1.59. The molecule has 0 spiro atoms. The van der Waals surface area contributed by atoms with Crippen molar-refractivity contribution in [2.75, 3.05) is 13.6 Å². The zero-order valence-corrected chi connectivity index (χ0v) is 11.3. The molecule has 7 nitrogen and oxygen atoms in total. The number of likely N-dealkylation sites (N-methyl/N-ethyl adjacent to an activating group) is 1. The Hall–Kier alpha value is -2.31. The summed E-state index contributed by atoms with van der Waals surface area (Å²) >= 11 is 0. The van der Waals surface area contributed by atoms with Crippen LogP contribution in [0.4, 0.5) is 4.79 Å². The van der Waals surface area contributed by atoms with Gasteiger partial charge < -0.3 is 15.3 Å². The molecule has 0 saturated carbocycles. The summed E-state index contributed by atoms with van der Waals surface area (Å²) in [5, 5.41) is 15.5. The first-order valence-electron chi connectivity index (χ1n) is 5.68. The highest BCUT2D eigenvalue weighted by molar-refractivity contribution is 5.83. The molecule has 104 valence electrons. The molecule has 0 fully saturated rings. The number of amides is 2. The van der Waals surface area contributed by atoms with E-state index in [4.69, 9.17) is 5.11 Å². The molecule has 0 saturated heterocycles. The topological polar surface area (TPSA) is 87.5 Å². The fourth-order valence-corrected chi connectivity index (χ4v) is 1.59. The van der Waals surface area contributed by atoms with Gasteiger partial charge in [-0.2, -0.15) is 5.10 Å². The summed E-state index contributed by atoms with van der Waals surface area (Å²) in [4.78, 5) is 24.4. The molecular weight excluding hydrogens is 248 g/mol. The predicted molar refractivity (Wildman–Crippen MR) is 69.6 cm³/mol. The van der Waals surface area contributed by atoms with Crippen molar-refractivity contribution in [3.63, 3.8) is 0 Å². The maximum Gasteiger partial charge on any atom is 0.331 e. The molecule has 1 unspecified atom stereocenters. The van der Waals surface area contributed by atoms with Crippen molar-refractivity contribution >= 4 is 12.0 Å². The van der Waals surface area contributed by atoms with Crippen molar-refractivity contribution in [2.24, 2.45) is 7.05 Å². The second-order valence-corrected chi connectivity index (χ2v) is 4.48. The van der Waals surface area contributed by atoms with Gasteiger partial charge in [0.1, 0.15) is 0 Å². The molecule has 0 aliphatic carbocycles. The van der Waals surface area contributed by atoms with E-state index >= 15 is 0 Å². The van der Waals surface area contributed by atoms with Crippen LogP contribution in [0.25, 0.3) is 0 Å². The highest BCUT2D eigenvalue weighted by atomic mass is 16.4. The summed E-state index contributed by atoms with van der Waals surface area (Å²) in [5.74, 6) is -1.13. The van der Waals surface area contributed by atoms with Crippen LogP contribution in [0.1, 0.15) is 18.5 Å². The van der Waals surface area contributed by atoms with E-state index in [1.807, 2.05) is 0 Å². The number of aryl methyl sites for hydroxylation is 1. The monoisotopic (exact) mass is 266 g/mol. The lowest BCUT2D eigenvalue weighted by Crippen LogP contribution is -2.42. The van der Waals surface area contributed by atoms with Gasteiger partial charge in [-0.25, -0.2) is 9.59 Å². The molecule has 0 radical (unpaired) electrons. The minimum absolute atomic E-state index is 0.366. The summed E-state index contributed by atoms with van der Waals surface area (Å²) in [6.45, 7) is 5.86. The summed E-state index contributed by atoms with van der Waals surface area (Å²) in [6, 6.07) is -1.59. The first-order valence-corrected chi connectivity index (χ1v) is 5.68. The van der Waals surface area contributed by atoms with Gasteiger partial charge in [0.05, 0.1) is 6.20 Å². The van der Waals surface area contributed by atoms with Crippen LogP contribution in [0.2, 0.25) is 0 Å². The molecule has 0 bridgehead atoms. The van der Waals surface area contributed by atoms with E-state index in [1.165, 1.54) is 15.8 Å². The van der Waals surface area contributed by atoms with Gasteiger partial charge in [-0.15, -0.1) is 0 Å². The number of carbonyl (C=O) groups is 2. The Kier molecular flexibility index (Phi) is 4.68. The van der Waals surface area contributed by atoms with Crippen LogP contribution in [-0.4, -0.2) is 45.4 Å². The molecule has 0 aliphatic heterocycles. The molecule has 7 heteroatoms. The number of carboxylic acids is 1. The zero-order valence-electron chi connectivity index (χ0n) is 11.3. The zero-order chi connectivity index (χ0) is 14.6. The molecule has 1 atom stereocenters. The van der Waals surface area contributed by atoms with Crippen molar-refractivity contribution < 1.29 is 14.7 Å².